The van der Waals surface area contributed by atoms with Crippen LogP contribution in [0.5, 0.6) is 0 Å². The van der Waals surface area contributed by atoms with Crippen molar-refractivity contribution in [3.63, 3.8) is 0 Å². The molecule has 0 bridgehead atoms. The van der Waals surface area contributed by atoms with Gasteiger partial charge in [-0.15, -0.1) is 0 Å². The van der Waals surface area contributed by atoms with Gasteiger partial charge in [-0.2, -0.15) is 0 Å². The van der Waals surface area contributed by atoms with E-state index in [1.165, 1.54) is 5.56 Å². The Balaban J connectivity index is 1.66. The SMILES string of the molecule is O=C1OC[C@H]2C=CC[C@H](CCc3ccccc3)N12. The molecule has 0 saturated carbocycles. The van der Waals surface area contributed by atoms with Gasteiger partial charge in [0.15, 0.2) is 0 Å². The van der Waals surface area contributed by atoms with Crippen molar-refractivity contribution in [2.45, 2.75) is 31.3 Å². The standard InChI is InChI=1S/C15H17NO2/c17-15-16-13(7-4-8-14(16)11-18-15)10-9-12-5-2-1-3-6-12/h1-6,8,13-14H,7,9-11H2/t13-,14-/m1/s1. The van der Waals surface area contributed by atoms with E-state index in [-0.39, 0.29) is 18.2 Å². The maximum atomic E-state index is 11.7. The number of ether oxygens (including phenoxy) is 1. The number of aryl methyl sites for hydroxylation is 1. The Bertz CT molecular complexity index is 455. The van der Waals surface area contributed by atoms with Crippen molar-refractivity contribution in [2.75, 3.05) is 6.61 Å². The monoisotopic (exact) mass is 243 g/mol. The molecule has 0 N–H and O–H groups in total. The van der Waals surface area contributed by atoms with Crippen molar-refractivity contribution >= 4 is 6.09 Å². The first-order valence-electron chi connectivity index (χ1n) is 6.50. The fourth-order valence-corrected chi connectivity index (χ4v) is 2.76. The Morgan fingerprint density at radius 1 is 1.28 bits per heavy atom. The number of carbonyl (C=O) groups excluding carboxylic acids is 1. The average Bonchev–Trinajstić information content (AvgIpc) is 2.80. The highest BCUT2D eigenvalue weighted by Gasteiger charge is 2.37. The fraction of sp³-hybridized carbons (Fsp3) is 0.400. The van der Waals surface area contributed by atoms with Crippen molar-refractivity contribution in [3.8, 4) is 0 Å². The van der Waals surface area contributed by atoms with Crippen LogP contribution in [0.15, 0.2) is 42.5 Å². The molecule has 1 aromatic carbocycles. The van der Waals surface area contributed by atoms with Crippen molar-refractivity contribution in [2.24, 2.45) is 0 Å². The third-order valence-corrected chi connectivity index (χ3v) is 3.71. The normalized spacial score (nSPS) is 26.0. The summed E-state index contributed by atoms with van der Waals surface area (Å²) in [5.74, 6) is 0. The molecule has 1 aromatic rings. The molecule has 2 aliphatic heterocycles. The van der Waals surface area contributed by atoms with Crippen molar-refractivity contribution < 1.29 is 9.53 Å². The molecule has 0 aliphatic carbocycles. The van der Waals surface area contributed by atoms with E-state index in [0.717, 1.165) is 19.3 Å². The van der Waals surface area contributed by atoms with E-state index in [1.54, 1.807) is 0 Å². The quantitative estimate of drug-likeness (QED) is 0.764. The van der Waals surface area contributed by atoms with Crippen LogP contribution in [0.4, 0.5) is 4.79 Å². The van der Waals surface area contributed by atoms with Crippen LogP contribution in [0.1, 0.15) is 18.4 Å². The predicted molar refractivity (Wildman–Crippen MR) is 69.3 cm³/mol. The summed E-state index contributed by atoms with van der Waals surface area (Å²) in [6.07, 6.45) is 7.07. The third-order valence-electron chi connectivity index (χ3n) is 3.71. The molecule has 0 radical (unpaired) electrons. The number of hydrogen-bond donors (Lipinski definition) is 0. The highest BCUT2D eigenvalue weighted by atomic mass is 16.6. The minimum Gasteiger partial charge on any atom is -0.447 e. The van der Waals surface area contributed by atoms with Gasteiger partial charge in [-0.3, -0.25) is 4.90 Å². The molecule has 1 saturated heterocycles. The van der Waals surface area contributed by atoms with Gasteiger partial charge in [-0.05, 0) is 24.8 Å². The van der Waals surface area contributed by atoms with Crippen LogP contribution in [0.25, 0.3) is 0 Å². The Morgan fingerprint density at radius 2 is 2.11 bits per heavy atom. The molecule has 0 spiro atoms. The minimum atomic E-state index is -0.151. The Kier molecular flexibility index (Phi) is 3.05. The maximum Gasteiger partial charge on any atom is 0.410 e. The molecule has 1 amide bonds. The van der Waals surface area contributed by atoms with Gasteiger partial charge in [0.05, 0.1) is 6.04 Å². The molecule has 3 nitrogen and oxygen atoms in total. The number of rotatable bonds is 3. The predicted octanol–water partition coefficient (Wildman–Crippen LogP) is 2.77. The van der Waals surface area contributed by atoms with Gasteiger partial charge in [0, 0.05) is 6.04 Å². The number of fused-ring (bicyclic) bond motifs is 1. The molecule has 3 heteroatoms. The van der Waals surface area contributed by atoms with Crippen molar-refractivity contribution in [1.29, 1.82) is 0 Å². The van der Waals surface area contributed by atoms with Crippen molar-refractivity contribution in [3.05, 3.63) is 48.0 Å². The second-order valence-corrected chi connectivity index (χ2v) is 4.89. The van der Waals surface area contributed by atoms with Gasteiger partial charge < -0.3 is 4.74 Å². The summed E-state index contributed by atoms with van der Waals surface area (Å²) in [4.78, 5) is 13.6. The number of amides is 1. The van der Waals surface area contributed by atoms with Crippen LogP contribution in [-0.4, -0.2) is 29.7 Å². The van der Waals surface area contributed by atoms with Gasteiger partial charge in [0.25, 0.3) is 0 Å². The zero-order valence-electron chi connectivity index (χ0n) is 10.3. The summed E-state index contributed by atoms with van der Waals surface area (Å²) in [5, 5.41) is 0. The molecule has 2 aliphatic rings. The van der Waals surface area contributed by atoms with Gasteiger partial charge >= 0.3 is 6.09 Å². The second kappa shape index (κ2) is 4.84. The lowest BCUT2D eigenvalue weighted by molar-refractivity contribution is 0.142. The molecule has 3 rings (SSSR count). The largest absolute Gasteiger partial charge is 0.447 e. The van der Waals surface area contributed by atoms with Gasteiger partial charge in [-0.1, -0.05) is 42.5 Å². The summed E-state index contributed by atoms with van der Waals surface area (Å²) in [7, 11) is 0. The first-order valence-corrected chi connectivity index (χ1v) is 6.50. The van der Waals surface area contributed by atoms with E-state index in [4.69, 9.17) is 4.74 Å². The minimum absolute atomic E-state index is 0.151. The van der Waals surface area contributed by atoms with E-state index in [2.05, 4.69) is 36.4 Å². The topological polar surface area (TPSA) is 29.5 Å². The second-order valence-electron chi connectivity index (χ2n) is 4.89. The van der Waals surface area contributed by atoms with E-state index in [1.807, 2.05) is 11.0 Å². The number of benzene rings is 1. The molecule has 0 aromatic heterocycles. The van der Waals surface area contributed by atoms with E-state index < -0.39 is 0 Å². The van der Waals surface area contributed by atoms with Crippen molar-refractivity contribution in [1.82, 2.24) is 4.90 Å². The van der Waals surface area contributed by atoms with E-state index in [0.29, 0.717) is 6.61 Å². The summed E-state index contributed by atoms with van der Waals surface area (Å²) in [6.45, 7) is 0.511. The molecule has 2 atom stereocenters. The fourth-order valence-electron chi connectivity index (χ4n) is 2.76. The molecule has 18 heavy (non-hydrogen) atoms. The van der Waals surface area contributed by atoms with Gasteiger partial charge in [-0.25, -0.2) is 4.79 Å². The summed E-state index contributed by atoms with van der Waals surface area (Å²) in [5.41, 5.74) is 1.33. The lowest BCUT2D eigenvalue weighted by atomic mass is 9.97. The number of carbonyl (C=O) groups is 1. The summed E-state index contributed by atoms with van der Waals surface area (Å²) >= 11 is 0. The first kappa shape index (κ1) is 11.3. The maximum absolute atomic E-state index is 11.7. The van der Waals surface area contributed by atoms with Crippen LogP contribution in [0.3, 0.4) is 0 Å². The molecule has 94 valence electrons. The number of cyclic esters (lactones) is 1. The smallest absolute Gasteiger partial charge is 0.410 e. The molecule has 1 fully saturated rings. The van der Waals surface area contributed by atoms with Gasteiger partial charge in [0.1, 0.15) is 6.61 Å². The molecular formula is C15H17NO2. The summed E-state index contributed by atoms with van der Waals surface area (Å²) < 4.78 is 5.12. The lowest BCUT2D eigenvalue weighted by Crippen LogP contribution is -2.43. The Morgan fingerprint density at radius 3 is 2.94 bits per heavy atom. The van der Waals surface area contributed by atoms with E-state index in [9.17, 15) is 4.79 Å². The van der Waals surface area contributed by atoms with Crippen LogP contribution in [0.2, 0.25) is 0 Å². The van der Waals surface area contributed by atoms with Crippen LogP contribution in [-0.2, 0) is 11.2 Å². The molecular weight excluding hydrogens is 226 g/mol. The highest BCUT2D eigenvalue weighted by Crippen LogP contribution is 2.26. The Hall–Kier alpha value is -1.77. The Labute approximate surface area is 107 Å². The summed E-state index contributed by atoms with van der Waals surface area (Å²) in [6, 6.07) is 10.9. The third kappa shape index (κ3) is 2.13. The average molecular weight is 243 g/mol. The zero-order valence-corrected chi connectivity index (χ0v) is 10.3. The molecule has 0 unspecified atom stereocenters. The van der Waals surface area contributed by atoms with Crippen LogP contribution in [0, 0.1) is 0 Å². The lowest BCUT2D eigenvalue weighted by Gasteiger charge is -2.31. The van der Waals surface area contributed by atoms with Crippen LogP contribution < -0.4 is 0 Å². The number of hydrogen-bond acceptors (Lipinski definition) is 2. The zero-order chi connectivity index (χ0) is 12.4. The van der Waals surface area contributed by atoms with Gasteiger partial charge in [0.2, 0.25) is 0 Å². The number of nitrogens with zero attached hydrogens (tertiary/aromatic N) is 1. The highest BCUT2D eigenvalue weighted by molar-refractivity contribution is 5.71. The van der Waals surface area contributed by atoms with Crippen LogP contribution >= 0.6 is 0 Å². The first-order chi connectivity index (χ1) is 8.84. The van der Waals surface area contributed by atoms with E-state index >= 15 is 0 Å². The molecule has 2 heterocycles.